The molecular formula is C15H18BF4KO2. The summed E-state index contributed by atoms with van der Waals surface area (Å²) in [5, 5.41) is 0. The second-order valence-electron chi connectivity index (χ2n) is 6.23. The zero-order valence-electron chi connectivity index (χ0n) is 13.2. The predicted octanol–water partition coefficient (Wildman–Crippen LogP) is 0.755. The van der Waals surface area contributed by atoms with Crippen LogP contribution in [0.5, 0.6) is 5.75 Å². The Kier molecular flexibility index (Phi) is 6.64. The first-order valence-corrected chi connectivity index (χ1v) is 7.68. The van der Waals surface area contributed by atoms with Gasteiger partial charge in [0.15, 0.2) is 0 Å². The molecule has 8 heteroatoms. The Hall–Kier alpha value is 0.401. The fourth-order valence-corrected chi connectivity index (χ4v) is 3.51. The Bertz CT molecular complexity index is 547. The van der Waals surface area contributed by atoms with Gasteiger partial charge in [0, 0.05) is 12.8 Å². The van der Waals surface area contributed by atoms with E-state index in [1.54, 1.807) is 0 Å². The molecule has 1 atom stereocenters. The van der Waals surface area contributed by atoms with Crippen LogP contribution in [0.2, 0.25) is 0 Å². The maximum Gasteiger partial charge on any atom is 1.00 e. The number of halogens is 4. The zero-order chi connectivity index (χ0) is 15.8. The van der Waals surface area contributed by atoms with Crippen molar-refractivity contribution in [1.82, 2.24) is 0 Å². The molecule has 0 N–H and O–H groups in total. The molecule has 2 aliphatic rings. The second kappa shape index (κ2) is 7.74. The van der Waals surface area contributed by atoms with E-state index in [-0.39, 0.29) is 68.8 Å². The summed E-state index contributed by atoms with van der Waals surface area (Å²) in [5.41, 5.74) is -1.22. The minimum absolute atomic E-state index is 0. The molecule has 1 aliphatic carbocycles. The molecule has 1 aromatic rings. The normalized spacial score (nSPS) is 23.6. The van der Waals surface area contributed by atoms with E-state index in [1.807, 2.05) is 0 Å². The first-order valence-electron chi connectivity index (χ1n) is 7.68. The van der Waals surface area contributed by atoms with Crippen molar-refractivity contribution in [2.45, 2.75) is 50.2 Å². The summed E-state index contributed by atoms with van der Waals surface area (Å²) in [4.78, 5) is 0. The molecule has 2 fully saturated rings. The van der Waals surface area contributed by atoms with Crippen molar-refractivity contribution < 1.29 is 78.2 Å². The van der Waals surface area contributed by atoms with E-state index in [0.29, 0.717) is 25.5 Å². The maximum absolute atomic E-state index is 13.1. The van der Waals surface area contributed by atoms with Gasteiger partial charge in [-0.25, -0.2) is 4.39 Å². The molecule has 1 aliphatic heterocycles. The third-order valence-corrected chi connectivity index (χ3v) is 4.58. The minimum Gasteiger partial charge on any atom is -0.493 e. The molecule has 3 rings (SSSR count). The first-order chi connectivity index (χ1) is 10.4. The third-order valence-electron chi connectivity index (χ3n) is 4.58. The molecule has 1 saturated heterocycles. The minimum atomic E-state index is -5.31. The number of benzene rings is 1. The van der Waals surface area contributed by atoms with Crippen molar-refractivity contribution in [2.24, 2.45) is 0 Å². The van der Waals surface area contributed by atoms with Crippen LogP contribution in [-0.4, -0.2) is 25.3 Å². The third kappa shape index (κ3) is 4.73. The van der Waals surface area contributed by atoms with Crippen molar-refractivity contribution >= 4 is 12.4 Å². The molecule has 122 valence electrons. The van der Waals surface area contributed by atoms with E-state index in [2.05, 4.69) is 0 Å². The summed E-state index contributed by atoms with van der Waals surface area (Å²) >= 11 is 0. The van der Waals surface area contributed by atoms with Gasteiger partial charge in [0.2, 0.25) is 0 Å². The molecular weight excluding hydrogens is 338 g/mol. The van der Waals surface area contributed by atoms with Gasteiger partial charge in [-0.3, -0.25) is 0 Å². The number of ether oxygens (including phenoxy) is 2. The molecule has 1 heterocycles. The van der Waals surface area contributed by atoms with E-state index >= 15 is 0 Å². The largest absolute Gasteiger partial charge is 1.00 e. The average molecular weight is 356 g/mol. The van der Waals surface area contributed by atoms with Gasteiger partial charge in [0.1, 0.15) is 11.9 Å². The Morgan fingerprint density at radius 3 is 2.52 bits per heavy atom. The van der Waals surface area contributed by atoms with Gasteiger partial charge in [-0.1, -0.05) is 18.3 Å². The van der Waals surface area contributed by atoms with Crippen molar-refractivity contribution in [3.05, 3.63) is 24.0 Å². The van der Waals surface area contributed by atoms with Gasteiger partial charge in [-0.05, 0) is 31.0 Å². The summed E-state index contributed by atoms with van der Waals surface area (Å²) in [6.07, 6.45) is 4.89. The SMILES string of the molecule is Fc1ccc(OC2CCOC3(CCCC3)C2)c([B-](F)(F)F)c1.[K+]. The van der Waals surface area contributed by atoms with Crippen molar-refractivity contribution in [2.75, 3.05) is 6.61 Å². The van der Waals surface area contributed by atoms with Crippen molar-refractivity contribution in [3.63, 3.8) is 0 Å². The van der Waals surface area contributed by atoms with Gasteiger partial charge >= 0.3 is 58.4 Å². The van der Waals surface area contributed by atoms with Crippen molar-refractivity contribution in [3.8, 4) is 5.75 Å². The van der Waals surface area contributed by atoms with Crippen molar-refractivity contribution in [1.29, 1.82) is 0 Å². The Morgan fingerprint density at radius 2 is 1.87 bits per heavy atom. The van der Waals surface area contributed by atoms with Crippen LogP contribution in [-0.2, 0) is 4.74 Å². The molecule has 23 heavy (non-hydrogen) atoms. The Morgan fingerprint density at radius 1 is 1.17 bits per heavy atom. The van der Waals surface area contributed by atoms with Crippen LogP contribution in [0.15, 0.2) is 18.2 Å². The Balaban J connectivity index is 0.00000192. The van der Waals surface area contributed by atoms with E-state index in [9.17, 15) is 17.3 Å². The predicted molar refractivity (Wildman–Crippen MR) is 75.9 cm³/mol. The molecule has 0 amide bonds. The van der Waals surface area contributed by atoms with Gasteiger partial charge in [0.25, 0.3) is 0 Å². The van der Waals surface area contributed by atoms with Crippen LogP contribution >= 0.6 is 0 Å². The summed E-state index contributed by atoms with van der Waals surface area (Å²) in [6.45, 7) is -4.81. The fraction of sp³-hybridized carbons (Fsp3) is 0.600. The number of hydrogen-bond donors (Lipinski definition) is 0. The van der Waals surface area contributed by atoms with E-state index in [4.69, 9.17) is 9.47 Å². The summed E-state index contributed by atoms with van der Waals surface area (Å²) < 4.78 is 63.8. The smallest absolute Gasteiger partial charge is 0.493 e. The van der Waals surface area contributed by atoms with Crippen LogP contribution in [0.25, 0.3) is 0 Å². The standard InChI is InChI=1S/C15H18BF4O2.K/c17-11-3-4-14(13(9-11)16(18,19)20)22-12-5-8-21-15(10-12)6-1-2-7-15;/h3-4,9,12H,1-2,5-8,10H2;/q-1;+1. The molecule has 1 saturated carbocycles. The fourth-order valence-electron chi connectivity index (χ4n) is 3.51. The monoisotopic (exact) mass is 356 g/mol. The molecule has 2 nitrogen and oxygen atoms in total. The molecule has 0 bridgehead atoms. The number of hydrogen-bond acceptors (Lipinski definition) is 2. The van der Waals surface area contributed by atoms with Gasteiger partial charge in [0.05, 0.1) is 18.0 Å². The molecule has 0 aromatic heterocycles. The van der Waals surface area contributed by atoms with Crippen LogP contribution in [0.4, 0.5) is 17.3 Å². The van der Waals surface area contributed by atoms with Crippen LogP contribution in [0.1, 0.15) is 38.5 Å². The van der Waals surface area contributed by atoms with Crippen LogP contribution in [0.3, 0.4) is 0 Å². The van der Waals surface area contributed by atoms with Gasteiger partial charge in [-0.2, -0.15) is 0 Å². The summed E-state index contributed by atoms with van der Waals surface area (Å²) in [6, 6.07) is 2.60. The quantitative estimate of drug-likeness (QED) is 0.588. The van der Waals surface area contributed by atoms with E-state index in [1.165, 1.54) is 0 Å². The van der Waals surface area contributed by atoms with Crippen LogP contribution < -0.4 is 61.6 Å². The first kappa shape index (κ1) is 19.7. The zero-order valence-corrected chi connectivity index (χ0v) is 16.3. The van der Waals surface area contributed by atoms with Gasteiger partial charge < -0.3 is 22.4 Å². The molecule has 1 unspecified atom stereocenters. The molecule has 1 aromatic carbocycles. The summed E-state index contributed by atoms with van der Waals surface area (Å²) in [7, 11) is 0. The molecule has 1 spiro atoms. The Labute approximate surface area is 175 Å². The van der Waals surface area contributed by atoms with E-state index < -0.39 is 18.3 Å². The summed E-state index contributed by atoms with van der Waals surface area (Å²) in [5.74, 6) is -1.17. The average Bonchev–Trinajstić information content (AvgIpc) is 2.88. The second-order valence-corrected chi connectivity index (χ2v) is 6.23. The van der Waals surface area contributed by atoms with Gasteiger partial charge in [-0.15, -0.1) is 0 Å². The maximum atomic E-state index is 13.1. The topological polar surface area (TPSA) is 18.5 Å². The van der Waals surface area contributed by atoms with Crippen LogP contribution in [0, 0.1) is 5.82 Å². The molecule has 0 radical (unpaired) electrons. The van der Waals surface area contributed by atoms with E-state index in [0.717, 1.165) is 37.8 Å². The number of rotatable bonds is 3.